The maximum Gasteiger partial charge on any atom is 0.258 e. The number of nitrogens with one attached hydrogen (secondary N) is 2. The van der Waals surface area contributed by atoms with Crippen molar-refractivity contribution in [1.82, 2.24) is 29.7 Å². The first-order valence-electron chi connectivity index (χ1n) is 5.85. The predicted molar refractivity (Wildman–Crippen MR) is 80.0 cm³/mol. The van der Waals surface area contributed by atoms with Gasteiger partial charge in [-0.1, -0.05) is 22.0 Å². The fraction of sp³-hybridized carbons (Fsp3) is 0. The average Bonchev–Trinajstić information content (AvgIpc) is 3.01. The molecule has 0 fully saturated rings. The number of hydrogen-bond acceptors (Lipinski definition) is 8. The fourth-order valence-corrected chi connectivity index (χ4v) is 1.99. The Bertz CT molecular complexity index is 743. The zero-order chi connectivity index (χ0) is 14.7. The van der Waals surface area contributed by atoms with Gasteiger partial charge in [-0.2, -0.15) is 24.7 Å². The lowest BCUT2D eigenvalue weighted by atomic mass is 10.3. The zero-order valence-corrected chi connectivity index (χ0v) is 12.2. The minimum Gasteiger partial charge on any atom is -0.324 e. The van der Waals surface area contributed by atoms with Crippen LogP contribution in [0, 0.1) is 0 Å². The molecule has 9 nitrogen and oxygen atoms in total. The highest BCUT2D eigenvalue weighted by Gasteiger charge is 2.08. The first-order chi connectivity index (χ1) is 10.2. The Kier molecular flexibility index (Phi) is 3.71. The van der Waals surface area contributed by atoms with Crippen LogP contribution in [0.5, 0.6) is 0 Å². The number of nitrogens with two attached hydrogens (primary N) is 1. The first-order valence-corrected chi connectivity index (χ1v) is 6.64. The molecule has 2 heterocycles. The minimum absolute atomic E-state index is 0.216. The van der Waals surface area contributed by atoms with Crippen molar-refractivity contribution in [2.75, 3.05) is 10.7 Å². The summed E-state index contributed by atoms with van der Waals surface area (Å²) >= 11 is 3.40. The Balaban J connectivity index is 1.96. The van der Waals surface area contributed by atoms with Gasteiger partial charge in [0.15, 0.2) is 0 Å². The number of nitrogens with zero attached hydrogens (tertiary/aromatic N) is 6. The topological polar surface area (TPSA) is 119 Å². The van der Waals surface area contributed by atoms with E-state index in [1.165, 1.54) is 17.3 Å². The summed E-state index contributed by atoms with van der Waals surface area (Å²) in [7, 11) is 0. The fourth-order valence-electron chi connectivity index (χ4n) is 1.59. The van der Waals surface area contributed by atoms with E-state index >= 15 is 0 Å². The molecule has 0 saturated carbocycles. The van der Waals surface area contributed by atoms with Crippen molar-refractivity contribution in [1.29, 1.82) is 0 Å². The molecule has 1 aromatic carbocycles. The van der Waals surface area contributed by atoms with Crippen LogP contribution in [0.1, 0.15) is 0 Å². The number of anilines is 3. The summed E-state index contributed by atoms with van der Waals surface area (Å²) < 4.78 is 2.35. The van der Waals surface area contributed by atoms with Crippen molar-refractivity contribution in [2.45, 2.75) is 0 Å². The molecule has 21 heavy (non-hydrogen) atoms. The standard InChI is InChI=1S/C11H10BrN9/c12-7-2-1-3-8(4-7)16-9-17-10(20-13)19-11(18-9)21-6-14-5-15-21/h1-6H,13H2,(H2,16,17,18,19,20). The van der Waals surface area contributed by atoms with Crippen LogP contribution in [0.3, 0.4) is 0 Å². The third-order valence-corrected chi connectivity index (χ3v) is 2.95. The highest BCUT2D eigenvalue weighted by molar-refractivity contribution is 9.10. The van der Waals surface area contributed by atoms with E-state index in [9.17, 15) is 0 Å². The lowest BCUT2D eigenvalue weighted by molar-refractivity contribution is 0.797. The van der Waals surface area contributed by atoms with Crippen LogP contribution in [-0.2, 0) is 0 Å². The van der Waals surface area contributed by atoms with E-state index in [0.29, 0.717) is 11.9 Å². The molecule has 4 N–H and O–H groups in total. The molecule has 0 amide bonds. The van der Waals surface area contributed by atoms with Gasteiger partial charge in [-0.25, -0.2) is 10.8 Å². The van der Waals surface area contributed by atoms with Crippen LogP contribution < -0.4 is 16.6 Å². The monoisotopic (exact) mass is 347 g/mol. The van der Waals surface area contributed by atoms with Crippen LogP contribution in [0.15, 0.2) is 41.4 Å². The average molecular weight is 348 g/mol. The first kappa shape index (κ1) is 13.4. The van der Waals surface area contributed by atoms with E-state index in [-0.39, 0.29) is 5.95 Å². The van der Waals surface area contributed by atoms with Crippen molar-refractivity contribution >= 4 is 33.5 Å². The second-order valence-corrected chi connectivity index (χ2v) is 4.82. The number of hydrazine groups is 1. The second kappa shape index (κ2) is 5.81. The van der Waals surface area contributed by atoms with E-state index in [0.717, 1.165) is 10.2 Å². The van der Waals surface area contributed by atoms with Gasteiger partial charge in [-0.05, 0) is 18.2 Å². The molecule has 0 aliphatic heterocycles. The molecule has 10 heteroatoms. The molecule has 106 valence electrons. The van der Waals surface area contributed by atoms with Gasteiger partial charge in [0.1, 0.15) is 12.7 Å². The Labute approximate surface area is 127 Å². The Morgan fingerprint density at radius 2 is 2.00 bits per heavy atom. The smallest absolute Gasteiger partial charge is 0.258 e. The molecule has 3 rings (SSSR count). The van der Waals surface area contributed by atoms with Gasteiger partial charge in [0.25, 0.3) is 5.95 Å². The maximum atomic E-state index is 5.38. The summed E-state index contributed by atoms with van der Waals surface area (Å²) in [5.74, 6) is 6.22. The van der Waals surface area contributed by atoms with Crippen LogP contribution in [0.4, 0.5) is 17.6 Å². The largest absolute Gasteiger partial charge is 0.324 e. The molecule has 0 bridgehead atoms. The molecule has 3 aromatic rings. The highest BCUT2D eigenvalue weighted by Crippen LogP contribution is 2.19. The quantitative estimate of drug-likeness (QED) is 0.476. The predicted octanol–water partition coefficient (Wildman–Crippen LogP) is 1.24. The van der Waals surface area contributed by atoms with E-state index < -0.39 is 0 Å². The number of rotatable bonds is 4. The molecule has 0 spiro atoms. The van der Waals surface area contributed by atoms with Crippen molar-refractivity contribution < 1.29 is 0 Å². The highest BCUT2D eigenvalue weighted by atomic mass is 79.9. The molecule has 0 radical (unpaired) electrons. The lowest BCUT2D eigenvalue weighted by Gasteiger charge is -2.08. The van der Waals surface area contributed by atoms with E-state index in [1.807, 2.05) is 24.3 Å². The van der Waals surface area contributed by atoms with Crippen molar-refractivity contribution in [3.8, 4) is 5.95 Å². The number of halogens is 1. The molecule has 2 aromatic heterocycles. The second-order valence-electron chi connectivity index (χ2n) is 3.90. The summed E-state index contributed by atoms with van der Waals surface area (Å²) in [4.78, 5) is 16.4. The van der Waals surface area contributed by atoms with Crippen molar-refractivity contribution in [3.05, 3.63) is 41.4 Å². The van der Waals surface area contributed by atoms with Gasteiger partial charge in [0, 0.05) is 10.2 Å². The Morgan fingerprint density at radius 1 is 1.14 bits per heavy atom. The van der Waals surface area contributed by atoms with Crippen LogP contribution in [0.25, 0.3) is 5.95 Å². The molecule has 0 atom stereocenters. The van der Waals surface area contributed by atoms with Crippen LogP contribution in [0.2, 0.25) is 0 Å². The SMILES string of the molecule is NNc1nc(Nc2cccc(Br)c2)nc(-n2cncn2)n1. The summed E-state index contributed by atoms with van der Waals surface area (Å²) in [6, 6.07) is 7.61. The van der Waals surface area contributed by atoms with Crippen molar-refractivity contribution in [2.24, 2.45) is 5.84 Å². The van der Waals surface area contributed by atoms with Gasteiger partial charge >= 0.3 is 0 Å². The molecule has 0 saturated heterocycles. The Hall–Kier alpha value is -2.59. The lowest BCUT2D eigenvalue weighted by Crippen LogP contribution is -2.15. The zero-order valence-electron chi connectivity index (χ0n) is 10.6. The minimum atomic E-state index is 0.216. The van der Waals surface area contributed by atoms with Gasteiger partial charge in [0.2, 0.25) is 11.9 Å². The summed E-state index contributed by atoms with van der Waals surface area (Å²) in [6.07, 6.45) is 2.87. The van der Waals surface area contributed by atoms with E-state index in [2.05, 4.69) is 51.7 Å². The third kappa shape index (κ3) is 3.12. The summed E-state index contributed by atoms with van der Waals surface area (Å²) in [5, 5.41) is 7.05. The summed E-state index contributed by atoms with van der Waals surface area (Å²) in [5.41, 5.74) is 3.22. The third-order valence-electron chi connectivity index (χ3n) is 2.46. The maximum absolute atomic E-state index is 5.38. The van der Waals surface area contributed by atoms with Gasteiger partial charge < -0.3 is 5.32 Å². The number of aromatic nitrogens is 6. The molecule has 0 aliphatic carbocycles. The van der Waals surface area contributed by atoms with Crippen LogP contribution in [-0.4, -0.2) is 29.7 Å². The van der Waals surface area contributed by atoms with Gasteiger partial charge in [0.05, 0.1) is 0 Å². The number of hydrogen-bond donors (Lipinski definition) is 3. The van der Waals surface area contributed by atoms with E-state index in [1.54, 1.807) is 0 Å². The molecule has 0 unspecified atom stereocenters. The van der Waals surface area contributed by atoms with Crippen molar-refractivity contribution in [3.63, 3.8) is 0 Å². The van der Waals surface area contributed by atoms with Crippen LogP contribution >= 0.6 is 15.9 Å². The summed E-state index contributed by atoms with van der Waals surface area (Å²) in [6.45, 7) is 0. The Morgan fingerprint density at radius 3 is 2.71 bits per heavy atom. The number of benzene rings is 1. The normalized spacial score (nSPS) is 10.4. The molecular formula is C11H10BrN9. The van der Waals surface area contributed by atoms with Gasteiger partial charge in [-0.3, -0.25) is 5.43 Å². The van der Waals surface area contributed by atoms with E-state index in [4.69, 9.17) is 5.84 Å². The molecular weight excluding hydrogens is 338 g/mol. The molecule has 0 aliphatic rings. The number of nitrogen functional groups attached to an aromatic ring is 1. The van der Waals surface area contributed by atoms with Gasteiger partial charge in [-0.15, -0.1) is 0 Å².